The minimum Gasteiger partial charge on any atom is -0.493 e. The molecule has 1 atom stereocenters. The lowest BCUT2D eigenvalue weighted by Crippen LogP contribution is -2.19. The number of esters is 1. The second kappa shape index (κ2) is 10.1. The van der Waals surface area contributed by atoms with Crippen molar-refractivity contribution >= 4 is 40.1 Å². The first-order chi connectivity index (χ1) is 12.6. The van der Waals surface area contributed by atoms with E-state index in [1.54, 1.807) is 25.1 Å². The monoisotopic (exact) mass is 395 g/mol. The summed E-state index contributed by atoms with van der Waals surface area (Å²) in [5.41, 5.74) is 0.428. The number of thioether (sulfide) groups is 1. The summed E-state index contributed by atoms with van der Waals surface area (Å²) in [5.74, 6) is -0.0782. The van der Waals surface area contributed by atoms with E-state index in [4.69, 9.17) is 9.47 Å². The highest BCUT2D eigenvalue weighted by atomic mass is 32.2. The summed E-state index contributed by atoms with van der Waals surface area (Å²) < 4.78 is 11.1. The molecule has 2 aromatic rings. The third-order valence-electron chi connectivity index (χ3n) is 3.22. The van der Waals surface area contributed by atoms with Gasteiger partial charge in [-0.3, -0.25) is 14.9 Å². The van der Waals surface area contributed by atoms with Crippen LogP contribution in [0.1, 0.15) is 37.6 Å². The minimum atomic E-state index is -0.342. The van der Waals surface area contributed by atoms with Gasteiger partial charge in [-0.05, 0) is 32.4 Å². The molecule has 0 saturated carbocycles. The van der Waals surface area contributed by atoms with Crippen LogP contribution < -0.4 is 10.1 Å². The first-order valence-corrected chi connectivity index (χ1v) is 9.98. The van der Waals surface area contributed by atoms with Crippen molar-refractivity contribution in [2.24, 2.45) is 0 Å². The number of benzene rings is 1. The maximum atomic E-state index is 12.5. The highest BCUT2D eigenvalue weighted by Crippen LogP contribution is 2.31. The van der Waals surface area contributed by atoms with Crippen molar-refractivity contribution in [3.63, 3.8) is 0 Å². The normalized spacial score (nSPS) is 11.7. The number of carbonyl (C=O) groups is 2. The average Bonchev–Trinajstić information content (AvgIpc) is 3.07. The van der Waals surface area contributed by atoms with Gasteiger partial charge in [0.25, 0.3) is 5.91 Å². The topological polar surface area (TPSA) is 90.4 Å². The highest BCUT2D eigenvalue weighted by Gasteiger charge is 2.22. The van der Waals surface area contributed by atoms with Gasteiger partial charge in [0, 0.05) is 0 Å². The maximum absolute atomic E-state index is 12.5. The van der Waals surface area contributed by atoms with Crippen LogP contribution >= 0.6 is 23.1 Å². The molecule has 26 heavy (non-hydrogen) atoms. The molecule has 1 amide bonds. The van der Waals surface area contributed by atoms with Gasteiger partial charge in [0.05, 0.1) is 18.8 Å². The van der Waals surface area contributed by atoms with Crippen molar-refractivity contribution < 1.29 is 19.1 Å². The summed E-state index contributed by atoms with van der Waals surface area (Å²) in [6.45, 7) is 6.34. The van der Waals surface area contributed by atoms with E-state index in [0.29, 0.717) is 40.4 Å². The van der Waals surface area contributed by atoms with Gasteiger partial charge in [0.2, 0.25) is 5.13 Å². The molecule has 0 aliphatic carbocycles. The predicted octanol–water partition coefficient (Wildman–Crippen LogP) is 3.62. The molecule has 1 aromatic heterocycles. The molecule has 1 heterocycles. The van der Waals surface area contributed by atoms with Crippen LogP contribution in [0.5, 0.6) is 5.75 Å². The Kier molecular flexibility index (Phi) is 7.86. The highest BCUT2D eigenvalue weighted by molar-refractivity contribution is 8.02. The van der Waals surface area contributed by atoms with Crippen LogP contribution in [-0.2, 0) is 9.53 Å². The molecule has 7 nitrogen and oxygen atoms in total. The number of hydrogen-bond acceptors (Lipinski definition) is 8. The lowest BCUT2D eigenvalue weighted by atomic mass is 10.2. The number of amides is 1. The van der Waals surface area contributed by atoms with Crippen molar-refractivity contribution in [2.75, 3.05) is 18.5 Å². The Morgan fingerprint density at radius 2 is 1.96 bits per heavy atom. The second-order valence-electron chi connectivity index (χ2n) is 5.02. The molecule has 9 heteroatoms. The first kappa shape index (κ1) is 20.2. The molecule has 0 aliphatic rings. The molecule has 0 saturated heterocycles. The van der Waals surface area contributed by atoms with Crippen LogP contribution in [0.15, 0.2) is 28.6 Å². The van der Waals surface area contributed by atoms with Crippen LogP contribution in [0, 0.1) is 0 Å². The second-order valence-corrected chi connectivity index (χ2v) is 7.45. The number of nitrogens with zero attached hydrogens (tertiary/aromatic N) is 2. The Morgan fingerprint density at radius 1 is 1.19 bits per heavy atom. The van der Waals surface area contributed by atoms with Crippen LogP contribution in [0.2, 0.25) is 0 Å². The Labute approximate surface area is 160 Å². The van der Waals surface area contributed by atoms with Crippen molar-refractivity contribution in [2.45, 2.75) is 36.8 Å². The van der Waals surface area contributed by atoms with Crippen LogP contribution in [-0.4, -0.2) is 40.5 Å². The lowest BCUT2D eigenvalue weighted by Gasteiger charge is -2.10. The Bertz CT molecular complexity index is 751. The fourth-order valence-corrected chi connectivity index (χ4v) is 3.98. The molecule has 0 fully saturated rings. The third-order valence-corrected chi connectivity index (χ3v) is 5.49. The predicted molar refractivity (Wildman–Crippen MR) is 102 cm³/mol. The fourth-order valence-electron chi connectivity index (χ4n) is 2.06. The Balaban J connectivity index is 2.04. The summed E-state index contributed by atoms with van der Waals surface area (Å²) in [6, 6.07) is 7.00. The Hall–Kier alpha value is -2.13. The van der Waals surface area contributed by atoms with E-state index in [1.807, 2.05) is 19.9 Å². The van der Waals surface area contributed by atoms with Gasteiger partial charge in [-0.2, -0.15) is 0 Å². The van der Waals surface area contributed by atoms with Crippen LogP contribution in [0.25, 0.3) is 0 Å². The smallest absolute Gasteiger partial charge is 0.319 e. The lowest BCUT2D eigenvalue weighted by molar-refractivity contribution is -0.142. The molecule has 1 N–H and O–H groups in total. The number of para-hydroxylation sites is 1. The molecule has 140 valence electrons. The van der Waals surface area contributed by atoms with E-state index in [1.165, 1.54) is 23.1 Å². The number of carbonyl (C=O) groups excluding carboxylic acids is 2. The summed E-state index contributed by atoms with van der Waals surface area (Å²) >= 11 is 2.50. The summed E-state index contributed by atoms with van der Waals surface area (Å²) in [5, 5.41) is 10.7. The molecule has 1 aromatic carbocycles. The number of aromatic nitrogens is 2. The van der Waals surface area contributed by atoms with Gasteiger partial charge in [-0.15, -0.1) is 10.2 Å². The minimum absolute atomic E-state index is 0.272. The SMILES string of the molecule is CCOC(=O)[C@@H](CC)Sc1nnc(NC(=O)c2ccccc2OCC)s1. The average molecular weight is 396 g/mol. The van der Waals surface area contributed by atoms with E-state index in [0.717, 1.165) is 0 Å². The van der Waals surface area contributed by atoms with Gasteiger partial charge in [-0.25, -0.2) is 0 Å². The largest absolute Gasteiger partial charge is 0.493 e. The quantitative estimate of drug-likeness (QED) is 0.394. The van der Waals surface area contributed by atoms with Crippen molar-refractivity contribution in [1.82, 2.24) is 10.2 Å². The molecule has 0 aliphatic heterocycles. The number of nitrogens with one attached hydrogen (secondary N) is 1. The zero-order chi connectivity index (χ0) is 18.9. The van der Waals surface area contributed by atoms with Crippen LogP contribution in [0.3, 0.4) is 0 Å². The van der Waals surface area contributed by atoms with Crippen molar-refractivity contribution in [1.29, 1.82) is 0 Å². The molecule has 0 bridgehead atoms. The molecule has 2 rings (SSSR count). The van der Waals surface area contributed by atoms with E-state index < -0.39 is 0 Å². The van der Waals surface area contributed by atoms with E-state index in [-0.39, 0.29) is 17.1 Å². The third kappa shape index (κ3) is 5.43. The van der Waals surface area contributed by atoms with Gasteiger partial charge in [0.15, 0.2) is 4.34 Å². The van der Waals surface area contributed by atoms with E-state index in [2.05, 4.69) is 15.5 Å². The summed E-state index contributed by atoms with van der Waals surface area (Å²) in [4.78, 5) is 24.3. The number of anilines is 1. The van der Waals surface area contributed by atoms with Gasteiger partial charge in [0.1, 0.15) is 11.0 Å². The van der Waals surface area contributed by atoms with Gasteiger partial charge >= 0.3 is 5.97 Å². The Morgan fingerprint density at radius 3 is 2.65 bits per heavy atom. The van der Waals surface area contributed by atoms with Crippen LogP contribution in [0.4, 0.5) is 5.13 Å². The zero-order valence-corrected chi connectivity index (χ0v) is 16.5. The summed E-state index contributed by atoms with van der Waals surface area (Å²) in [6.07, 6.45) is 0.618. The van der Waals surface area contributed by atoms with E-state index in [9.17, 15) is 9.59 Å². The van der Waals surface area contributed by atoms with Crippen molar-refractivity contribution in [3.05, 3.63) is 29.8 Å². The molecule has 0 unspecified atom stereocenters. The number of rotatable bonds is 9. The zero-order valence-electron chi connectivity index (χ0n) is 14.9. The molecular weight excluding hydrogens is 374 g/mol. The van der Waals surface area contributed by atoms with Crippen molar-refractivity contribution in [3.8, 4) is 5.75 Å². The number of ether oxygens (including phenoxy) is 2. The first-order valence-electron chi connectivity index (χ1n) is 8.28. The molecule has 0 spiro atoms. The summed E-state index contributed by atoms with van der Waals surface area (Å²) in [7, 11) is 0. The van der Waals surface area contributed by atoms with Gasteiger partial charge < -0.3 is 9.47 Å². The standard InChI is InChI=1S/C17H21N3O4S2/c1-4-13(15(22)24-6-3)25-17-20-19-16(26-17)18-14(21)11-9-7-8-10-12(11)23-5-2/h7-10,13H,4-6H2,1-3H3,(H,18,19,21)/t13-/m1/s1. The fraction of sp³-hybridized carbons (Fsp3) is 0.412. The maximum Gasteiger partial charge on any atom is 0.319 e. The number of hydrogen-bond donors (Lipinski definition) is 1. The van der Waals surface area contributed by atoms with E-state index >= 15 is 0 Å². The molecule has 0 radical (unpaired) electrons. The molecular formula is C17H21N3O4S2. The van der Waals surface area contributed by atoms with Gasteiger partial charge in [-0.1, -0.05) is 42.2 Å².